The van der Waals surface area contributed by atoms with E-state index in [1.165, 1.54) is 7.11 Å². The number of hydrogen-bond donors (Lipinski definition) is 4. The average Bonchev–Trinajstić information content (AvgIpc) is 3.62. The maximum Gasteiger partial charge on any atom is 0.328 e. The lowest BCUT2D eigenvalue weighted by Gasteiger charge is -2.31. The molecule has 5 atom stereocenters. The lowest BCUT2D eigenvalue weighted by atomic mass is 9.83. The van der Waals surface area contributed by atoms with Gasteiger partial charge in [-0.2, -0.15) is 0 Å². The number of amides is 3. The highest BCUT2D eigenvalue weighted by Gasteiger charge is 2.40. The zero-order valence-electron chi connectivity index (χ0n) is 32.1. The first-order valence-electron chi connectivity index (χ1n) is 19.1. The molecule has 5 rings (SSSR count). The minimum absolute atomic E-state index is 0.0261. The third-order valence-corrected chi connectivity index (χ3v) is 10.4. The van der Waals surface area contributed by atoms with Gasteiger partial charge in [0.1, 0.15) is 35.7 Å². The average molecular weight is 757 g/mol. The molecular weight excluding hydrogens is 704 g/mol. The summed E-state index contributed by atoms with van der Waals surface area (Å²) in [5.74, 6) is -4.10. The molecule has 13 heteroatoms. The minimum atomic E-state index is -1.18. The summed E-state index contributed by atoms with van der Waals surface area (Å²) in [6.45, 7) is 5.36. The topological polar surface area (TPSA) is 182 Å². The van der Waals surface area contributed by atoms with Gasteiger partial charge < -0.3 is 35.3 Å². The van der Waals surface area contributed by atoms with E-state index in [-0.39, 0.29) is 24.3 Å². The number of carbonyl (C=O) groups excluding carboxylic acids is 4. The Labute approximate surface area is 321 Å². The van der Waals surface area contributed by atoms with Crippen LogP contribution in [0.3, 0.4) is 0 Å². The molecule has 294 valence electrons. The third-order valence-electron chi connectivity index (χ3n) is 10.4. The summed E-state index contributed by atoms with van der Waals surface area (Å²) in [6, 6.07) is 13.7. The number of carboxylic acid groups (broad SMARTS) is 1. The number of pyridine rings is 1. The van der Waals surface area contributed by atoms with E-state index >= 15 is 0 Å². The molecule has 0 aliphatic heterocycles. The van der Waals surface area contributed by atoms with Crippen LogP contribution in [-0.2, 0) is 28.7 Å². The standard InChI is InChI=1S/C42H52N4O9/c1-6-13-32(41(50)51)44-38(47)30-20-28(55-35-23-33(25-14-9-7-10-15-25)43-34-22-27(53-4)18-19-29(34)35)21-31(30)39(48)45-36(24(2)3)40(49)46-37(42(52)54-5)26-16-11-8-12-17-26/h7,9-10,14-15,18-19,21-24,26,28,30,32,36-37H,6,8,11-13,16-17,20H2,1-5H3,(H,44,47)(H,45,48)(H,46,49)(H,50,51)/t28-,30-,32-,36-,37-/m0/s1. The van der Waals surface area contributed by atoms with E-state index in [9.17, 15) is 29.1 Å². The molecule has 0 bridgehead atoms. The van der Waals surface area contributed by atoms with Crippen LogP contribution in [0, 0.1) is 17.8 Å². The van der Waals surface area contributed by atoms with Crippen molar-refractivity contribution in [3.63, 3.8) is 0 Å². The fourth-order valence-corrected chi connectivity index (χ4v) is 7.41. The van der Waals surface area contributed by atoms with Crippen LogP contribution in [0.15, 0.2) is 66.2 Å². The zero-order chi connectivity index (χ0) is 39.6. The van der Waals surface area contributed by atoms with E-state index in [1.54, 1.807) is 45.2 Å². The SMILES string of the molecule is CCC[C@H](NC(=O)[C@H]1C[C@H](Oc2cc(-c3ccccc3)nc3cc(OC)ccc23)C=C1C(=O)N[C@H](C(=O)N[C@H](C(=O)OC)C1CCCCC1)C(C)C)C(=O)O. The molecule has 2 aromatic carbocycles. The lowest BCUT2D eigenvalue weighted by molar-refractivity contribution is -0.147. The Bertz CT molecular complexity index is 1890. The molecule has 0 unspecified atom stereocenters. The van der Waals surface area contributed by atoms with E-state index in [2.05, 4.69) is 16.0 Å². The second kappa shape index (κ2) is 18.7. The van der Waals surface area contributed by atoms with E-state index in [0.717, 1.165) is 37.7 Å². The van der Waals surface area contributed by atoms with E-state index < -0.39 is 65.7 Å². The number of ether oxygens (including phenoxy) is 3. The van der Waals surface area contributed by atoms with Crippen molar-refractivity contribution in [3.8, 4) is 22.8 Å². The zero-order valence-corrected chi connectivity index (χ0v) is 32.1. The van der Waals surface area contributed by atoms with E-state index in [1.807, 2.05) is 43.3 Å². The quantitative estimate of drug-likeness (QED) is 0.139. The van der Waals surface area contributed by atoms with Gasteiger partial charge in [-0.05, 0) is 49.3 Å². The van der Waals surface area contributed by atoms with Crippen molar-refractivity contribution >= 4 is 40.6 Å². The van der Waals surface area contributed by atoms with Gasteiger partial charge >= 0.3 is 11.9 Å². The molecule has 2 aliphatic rings. The van der Waals surface area contributed by atoms with Gasteiger partial charge in [0.25, 0.3) is 0 Å². The summed E-state index contributed by atoms with van der Waals surface area (Å²) in [6.07, 6.45) is 5.99. The number of methoxy groups -OCH3 is 2. The van der Waals surface area contributed by atoms with Crippen LogP contribution >= 0.6 is 0 Å². The van der Waals surface area contributed by atoms with Crippen molar-refractivity contribution in [2.24, 2.45) is 17.8 Å². The number of nitrogens with zero attached hydrogens (tertiary/aromatic N) is 1. The number of carboxylic acids is 1. The van der Waals surface area contributed by atoms with Gasteiger partial charge in [0.05, 0.1) is 31.3 Å². The summed E-state index contributed by atoms with van der Waals surface area (Å²) in [7, 11) is 2.85. The van der Waals surface area contributed by atoms with Gasteiger partial charge in [0, 0.05) is 35.1 Å². The van der Waals surface area contributed by atoms with Crippen LogP contribution < -0.4 is 25.4 Å². The lowest BCUT2D eigenvalue weighted by Crippen LogP contribution is -2.56. The molecule has 13 nitrogen and oxygen atoms in total. The van der Waals surface area contributed by atoms with Crippen molar-refractivity contribution in [3.05, 3.63) is 66.2 Å². The molecule has 0 radical (unpaired) electrons. The number of carbonyl (C=O) groups is 5. The van der Waals surface area contributed by atoms with Crippen molar-refractivity contribution in [1.29, 1.82) is 0 Å². The first-order chi connectivity index (χ1) is 26.4. The number of benzene rings is 2. The van der Waals surface area contributed by atoms with Gasteiger partial charge in [-0.25, -0.2) is 14.6 Å². The monoisotopic (exact) mass is 756 g/mol. The van der Waals surface area contributed by atoms with Crippen LogP contribution in [-0.4, -0.2) is 78.2 Å². The third kappa shape index (κ3) is 10.00. The first-order valence-corrected chi connectivity index (χ1v) is 19.1. The predicted molar refractivity (Wildman–Crippen MR) is 206 cm³/mol. The molecule has 1 saturated carbocycles. The van der Waals surface area contributed by atoms with Gasteiger partial charge in [0.2, 0.25) is 17.7 Å². The molecule has 55 heavy (non-hydrogen) atoms. The fraction of sp³-hybridized carbons (Fsp3) is 0.476. The van der Waals surface area contributed by atoms with Crippen LogP contribution in [0.5, 0.6) is 11.5 Å². The Morgan fingerprint density at radius 3 is 2.29 bits per heavy atom. The number of nitrogens with one attached hydrogen (secondary N) is 3. The van der Waals surface area contributed by atoms with E-state index in [0.29, 0.717) is 34.5 Å². The van der Waals surface area contributed by atoms with Crippen molar-refractivity contribution < 1.29 is 43.3 Å². The molecule has 1 fully saturated rings. The van der Waals surface area contributed by atoms with Crippen molar-refractivity contribution in [1.82, 2.24) is 20.9 Å². The summed E-state index contributed by atoms with van der Waals surface area (Å²) in [4.78, 5) is 71.5. The molecular formula is C42H52N4O9. The highest BCUT2D eigenvalue weighted by Crippen LogP contribution is 2.36. The van der Waals surface area contributed by atoms with Crippen molar-refractivity contribution in [2.75, 3.05) is 14.2 Å². The van der Waals surface area contributed by atoms with Gasteiger partial charge in [0.15, 0.2) is 0 Å². The van der Waals surface area contributed by atoms with Gasteiger partial charge in [-0.15, -0.1) is 0 Å². The molecule has 0 spiro atoms. The largest absolute Gasteiger partial charge is 0.497 e. The maximum atomic E-state index is 14.2. The first kappa shape index (κ1) is 40.7. The fourth-order valence-electron chi connectivity index (χ4n) is 7.41. The number of rotatable bonds is 16. The number of aromatic nitrogens is 1. The van der Waals surface area contributed by atoms with Gasteiger partial charge in [-0.1, -0.05) is 76.8 Å². The molecule has 3 amide bonds. The molecule has 0 saturated heterocycles. The number of fused-ring (bicyclic) bond motifs is 1. The Morgan fingerprint density at radius 2 is 1.65 bits per heavy atom. The summed E-state index contributed by atoms with van der Waals surface area (Å²) in [5, 5.41) is 18.8. The molecule has 1 aromatic heterocycles. The number of esters is 1. The summed E-state index contributed by atoms with van der Waals surface area (Å²) >= 11 is 0. The summed E-state index contributed by atoms with van der Waals surface area (Å²) in [5.41, 5.74) is 2.14. The van der Waals surface area contributed by atoms with Crippen molar-refractivity contribution in [2.45, 2.75) is 96.4 Å². The Hall–Kier alpha value is -5.46. The minimum Gasteiger partial charge on any atom is -0.497 e. The van der Waals surface area contributed by atoms with E-state index in [4.69, 9.17) is 19.2 Å². The molecule has 4 N–H and O–H groups in total. The van der Waals surface area contributed by atoms with Gasteiger partial charge in [-0.3, -0.25) is 14.4 Å². The highest BCUT2D eigenvalue weighted by molar-refractivity contribution is 6.03. The predicted octanol–water partition coefficient (Wildman–Crippen LogP) is 5.35. The Balaban J connectivity index is 1.46. The smallest absolute Gasteiger partial charge is 0.328 e. The second-order valence-electron chi connectivity index (χ2n) is 14.6. The second-order valence-corrected chi connectivity index (χ2v) is 14.6. The number of hydrogen-bond acceptors (Lipinski definition) is 9. The maximum absolute atomic E-state index is 14.2. The van der Waals surface area contributed by atoms with Crippen LogP contribution in [0.4, 0.5) is 0 Å². The van der Waals surface area contributed by atoms with Crippen LogP contribution in [0.25, 0.3) is 22.2 Å². The van der Waals surface area contributed by atoms with Crippen LogP contribution in [0.2, 0.25) is 0 Å². The molecule has 1 heterocycles. The number of aliphatic carboxylic acids is 1. The highest BCUT2D eigenvalue weighted by atomic mass is 16.5. The Morgan fingerprint density at radius 1 is 0.927 bits per heavy atom. The Kier molecular flexibility index (Phi) is 13.9. The summed E-state index contributed by atoms with van der Waals surface area (Å²) < 4.78 is 17.1. The molecule has 2 aliphatic carbocycles. The molecule has 3 aromatic rings. The van der Waals surface area contributed by atoms with Crippen LogP contribution in [0.1, 0.15) is 72.1 Å². The normalized spacial score (nSPS) is 18.8.